The minimum Gasteiger partial charge on any atom is -0.481 e. The first-order chi connectivity index (χ1) is 7.49. The Bertz CT molecular complexity index is 303. The predicted octanol–water partition coefficient (Wildman–Crippen LogP) is -0.508. The summed E-state index contributed by atoms with van der Waals surface area (Å²) in [5, 5.41) is 13.7. The Morgan fingerprint density at radius 3 is 2.81 bits per heavy atom. The van der Waals surface area contributed by atoms with Crippen LogP contribution in [-0.2, 0) is 14.4 Å². The number of hydrogen-bond acceptors (Lipinski definition) is 3. The molecular weight excluding hydrogens is 212 g/mol. The van der Waals surface area contributed by atoms with E-state index in [4.69, 9.17) is 5.11 Å². The molecular formula is C10H16N2O4. The molecule has 0 aromatic carbocycles. The monoisotopic (exact) mass is 228 g/mol. The second kappa shape index (κ2) is 5.48. The molecule has 1 fully saturated rings. The lowest BCUT2D eigenvalue weighted by molar-refractivity contribution is -0.138. The van der Waals surface area contributed by atoms with E-state index in [1.807, 2.05) is 0 Å². The van der Waals surface area contributed by atoms with Gasteiger partial charge in [0.2, 0.25) is 11.8 Å². The van der Waals surface area contributed by atoms with Gasteiger partial charge < -0.3 is 15.7 Å². The zero-order valence-corrected chi connectivity index (χ0v) is 9.16. The molecule has 90 valence electrons. The van der Waals surface area contributed by atoms with Gasteiger partial charge in [-0.2, -0.15) is 0 Å². The summed E-state index contributed by atoms with van der Waals surface area (Å²) in [5.41, 5.74) is 0. The Morgan fingerprint density at radius 1 is 1.62 bits per heavy atom. The van der Waals surface area contributed by atoms with Gasteiger partial charge in [0, 0.05) is 19.4 Å². The van der Waals surface area contributed by atoms with E-state index in [2.05, 4.69) is 10.6 Å². The minimum absolute atomic E-state index is 0.0251. The van der Waals surface area contributed by atoms with Crippen molar-refractivity contribution in [3.05, 3.63) is 0 Å². The van der Waals surface area contributed by atoms with Crippen LogP contribution in [0.3, 0.4) is 0 Å². The summed E-state index contributed by atoms with van der Waals surface area (Å²) in [5.74, 6) is -1.34. The van der Waals surface area contributed by atoms with Crippen LogP contribution in [0.5, 0.6) is 0 Å². The van der Waals surface area contributed by atoms with Gasteiger partial charge in [-0.05, 0) is 12.3 Å². The highest BCUT2D eigenvalue weighted by Gasteiger charge is 2.27. The average molecular weight is 228 g/mol. The largest absolute Gasteiger partial charge is 0.481 e. The number of nitrogens with one attached hydrogen (secondary N) is 2. The van der Waals surface area contributed by atoms with Crippen molar-refractivity contribution >= 4 is 17.8 Å². The molecule has 6 heteroatoms. The molecule has 0 spiro atoms. The van der Waals surface area contributed by atoms with Crippen molar-refractivity contribution in [3.63, 3.8) is 0 Å². The topological polar surface area (TPSA) is 95.5 Å². The molecule has 1 aliphatic rings. The molecule has 2 unspecified atom stereocenters. The molecule has 1 saturated heterocycles. The number of carbonyl (C=O) groups excluding carboxylic acids is 2. The van der Waals surface area contributed by atoms with Crippen molar-refractivity contribution in [2.75, 3.05) is 6.54 Å². The standard InChI is InChI=1S/C10H16N2O4/c1-6(4-9(14)15)5-11-10(16)7-2-3-8(13)12-7/h6-7H,2-5H2,1H3,(H,11,16)(H,12,13)(H,14,15). The lowest BCUT2D eigenvalue weighted by atomic mass is 10.1. The van der Waals surface area contributed by atoms with Crippen LogP contribution < -0.4 is 10.6 Å². The first-order valence-corrected chi connectivity index (χ1v) is 5.28. The maximum absolute atomic E-state index is 11.5. The number of amides is 2. The number of rotatable bonds is 5. The molecule has 0 radical (unpaired) electrons. The number of carboxylic acid groups (broad SMARTS) is 1. The third-order valence-electron chi connectivity index (χ3n) is 2.46. The third-order valence-corrected chi connectivity index (χ3v) is 2.46. The van der Waals surface area contributed by atoms with Crippen LogP contribution in [0.15, 0.2) is 0 Å². The molecule has 0 aromatic rings. The molecule has 16 heavy (non-hydrogen) atoms. The molecule has 0 aliphatic carbocycles. The molecule has 0 bridgehead atoms. The minimum atomic E-state index is -0.879. The van der Waals surface area contributed by atoms with Crippen molar-refractivity contribution in [2.45, 2.75) is 32.2 Å². The van der Waals surface area contributed by atoms with Gasteiger partial charge in [-0.1, -0.05) is 6.92 Å². The number of carbonyl (C=O) groups is 3. The van der Waals surface area contributed by atoms with E-state index in [9.17, 15) is 14.4 Å². The predicted molar refractivity (Wildman–Crippen MR) is 55.6 cm³/mol. The maximum atomic E-state index is 11.5. The van der Waals surface area contributed by atoms with E-state index in [0.717, 1.165) is 0 Å². The van der Waals surface area contributed by atoms with E-state index < -0.39 is 12.0 Å². The fourth-order valence-electron chi connectivity index (χ4n) is 1.58. The Hall–Kier alpha value is -1.59. The van der Waals surface area contributed by atoms with Crippen molar-refractivity contribution < 1.29 is 19.5 Å². The van der Waals surface area contributed by atoms with E-state index >= 15 is 0 Å². The van der Waals surface area contributed by atoms with E-state index in [0.29, 0.717) is 19.4 Å². The maximum Gasteiger partial charge on any atom is 0.303 e. The number of aliphatic carboxylic acids is 1. The van der Waals surface area contributed by atoms with E-state index in [1.165, 1.54) is 0 Å². The van der Waals surface area contributed by atoms with Crippen LogP contribution in [0, 0.1) is 5.92 Å². The normalized spacial score (nSPS) is 21.3. The molecule has 0 aromatic heterocycles. The number of hydrogen-bond donors (Lipinski definition) is 3. The summed E-state index contributed by atoms with van der Waals surface area (Å²) in [6.45, 7) is 2.07. The number of carboxylic acids is 1. The highest BCUT2D eigenvalue weighted by molar-refractivity contribution is 5.90. The zero-order chi connectivity index (χ0) is 12.1. The first kappa shape index (κ1) is 12.5. The second-order valence-electron chi connectivity index (χ2n) is 4.11. The quantitative estimate of drug-likeness (QED) is 0.590. The molecule has 2 amide bonds. The molecule has 0 saturated carbocycles. The lowest BCUT2D eigenvalue weighted by Crippen LogP contribution is -2.43. The van der Waals surface area contributed by atoms with E-state index in [-0.39, 0.29) is 24.2 Å². The van der Waals surface area contributed by atoms with Gasteiger partial charge in [-0.15, -0.1) is 0 Å². The molecule has 6 nitrogen and oxygen atoms in total. The first-order valence-electron chi connectivity index (χ1n) is 5.28. The summed E-state index contributed by atoms with van der Waals surface area (Å²) in [4.78, 5) is 32.8. The van der Waals surface area contributed by atoms with Crippen molar-refractivity contribution in [3.8, 4) is 0 Å². The van der Waals surface area contributed by atoms with Gasteiger partial charge in [-0.3, -0.25) is 14.4 Å². The zero-order valence-electron chi connectivity index (χ0n) is 9.16. The summed E-state index contributed by atoms with van der Waals surface area (Å²) >= 11 is 0. The van der Waals surface area contributed by atoms with Gasteiger partial charge >= 0.3 is 5.97 Å². The molecule has 1 aliphatic heterocycles. The van der Waals surface area contributed by atoms with Gasteiger partial charge in [-0.25, -0.2) is 0 Å². The molecule has 1 heterocycles. The summed E-state index contributed by atoms with van der Waals surface area (Å²) < 4.78 is 0. The fourth-order valence-corrected chi connectivity index (χ4v) is 1.58. The van der Waals surface area contributed by atoms with E-state index in [1.54, 1.807) is 6.92 Å². The van der Waals surface area contributed by atoms with Gasteiger partial charge in [0.25, 0.3) is 0 Å². The van der Waals surface area contributed by atoms with Crippen molar-refractivity contribution in [2.24, 2.45) is 5.92 Å². The molecule has 1 rings (SSSR count). The van der Waals surface area contributed by atoms with Crippen LogP contribution in [0.1, 0.15) is 26.2 Å². The molecule has 2 atom stereocenters. The lowest BCUT2D eigenvalue weighted by Gasteiger charge is -2.13. The fraction of sp³-hybridized carbons (Fsp3) is 0.700. The molecule has 3 N–H and O–H groups in total. The Kier molecular flexibility index (Phi) is 4.28. The second-order valence-corrected chi connectivity index (χ2v) is 4.11. The van der Waals surface area contributed by atoms with Crippen LogP contribution in [0.4, 0.5) is 0 Å². The van der Waals surface area contributed by atoms with Gasteiger partial charge in [0.1, 0.15) is 6.04 Å². The smallest absolute Gasteiger partial charge is 0.303 e. The van der Waals surface area contributed by atoms with Crippen molar-refractivity contribution in [1.29, 1.82) is 0 Å². The highest BCUT2D eigenvalue weighted by Crippen LogP contribution is 2.07. The SMILES string of the molecule is CC(CNC(=O)C1CCC(=O)N1)CC(=O)O. The third kappa shape index (κ3) is 3.88. The van der Waals surface area contributed by atoms with Crippen molar-refractivity contribution in [1.82, 2.24) is 10.6 Å². The summed E-state index contributed by atoms with van der Waals surface area (Å²) in [6.07, 6.45) is 0.915. The Labute approximate surface area is 93.4 Å². The summed E-state index contributed by atoms with van der Waals surface area (Å²) in [6, 6.07) is -0.454. The summed E-state index contributed by atoms with van der Waals surface area (Å²) in [7, 11) is 0. The average Bonchev–Trinajstić information content (AvgIpc) is 2.60. The highest BCUT2D eigenvalue weighted by atomic mass is 16.4. The van der Waals surface area contributed by atoms with Crippen LogP contribution in [0.2, 0.25) is 0 Å². The van der Waals surface area contributed by atoms with Gasteiger partial charge in [0.05, 0.1) is 0 Å². The Balaban J connectivity index is 2.24. The Morgan fingerprint density at radius 2 is 2.31 bits per heavy atom. The van der Waals surface area contributed by atoms with Crippen LogP contribution >= 0.6 is 0 Å². The van der Waals surface area contributed by atoms with Gasteiger partial charge in [0.15, 0.2) is 0 Å². The van der Waals surface area contributed by atoms with Crippen LogP contribution in [0.25, 0.3) is 0 Å². The van der Waals surface area contributed by atoms with Crippen LogP contribution in [-0.4, -0.2) is 35.5 Å².